The molecule has 1 rings (SSSR count). The smallest absolute Gasteiger partial charge is 0.407 e. The molecule has 0 aliphatic heterocycles. The van der Waals surface area contributed by atoms with Gasteiger partial charge in [0.25, 0.3) is 0 Å². The topological polar surface area (TPSA) is 81.4 Å². The van der Waals surface area contributed by atoms with Crippen molar-refractivity contribution in [3.05, 3.63) is 47.8 Å². The Morgan fingerprint density at radius 3 is 2.52 bits per heavy atom. The minimum atomic E-state index is -0.725. The van der Waals surface area contributed by atoms with Gasteiger partial charge >= 0.3 is 6.09 Å². The van der Waals surface area contributed by atoms with E-state index in [0.717, 1.165) is 11.6 Å². The van der Waals surface area contributed by atoms with Gasteiger partial charge < -0.3 is 15.8 Å². The van der Waals surface area contributed by atoms with Crippen LogP contribution in [0.1, 0.15) is 25.8 Å². The van der Waals surface area contributed by atoms with Crippen LogP contribution in [0.15, 0.2) is 42.2 Å². The molecule has 5 nitrogen and oxygen atoms in total. The number of hydrogen-bond acceptors (Lipinski definition) is 3. The number of primary amides is 1. The highest BCUT2D eigenvalue weighted by atomic mass is 19.1. The van der Waals surface area contributed by atoms with Gasteiger partial charge in [-0.3, -0.25) is 4.79 Å². The molecule has 0 fully saturated rings. The Labute approximate surface area is 135 Å². The molecule has 1 atom stereocenters. The van der Waals surface area contributed by atoms with Gasteiger partial charge in [-0.1, -0.05) is 44.2 Å². The van der Waals surface area contributed by atoms with Crippen LogP contribution in [0.3, 0.4) is 0 Å². The lowest BCUT2D eigenvalue weighted by molar-refractivity contribution is -0.120. The second-order valence-electron chi connectivity index (χ2n) is 5.67. The first kappa shape index (κ1) is 18.7. The minimum Gasteiger partial charge on any atom is -0.445 e. The summed E-state index contributed by atoms with van der Waals surface area (Å²) < 4.78 is 18.7. The van der Waals surface area contributed by atoms with Crippen molar-refractivity contribution >= 4 is 12.0 Å². The Morgan fingerprint density at radius 1 is 1.30 bits per heavy atom. The number of ether oxygens (including phenoxy) is 1. The van der Waals surface area contributed by atoms with Crippen LogP contribution in [0.5, 0.6) is 0 Å². The number of nitrogens with one attached hydrogen (secondary N) is 1. The van der Waals surface area contributed by atoms with Gasteiger partial charge in [0.1, 0.15) is 12.4 Å². The van der Waals surface area contributed by atoms with E-state index < -0.39 is 23.7 Å². The Kier molecular flexibility index (Phi) is 7.80. The zero-order chi connectivity index (χ0) is 17.2. The zero-order valence-corrected chi connectivity index (χ0v) is 13.4. The quantitative estimate of drug-likeness (QED) is 0.772. The molecule has 0 bridgehead atoms. The Hall–Kier alpha value is -2.37. The fraction of sp³-hybridized carbons (Fsp3) is 0.412. The number of amides is 2. The summed E-state index contributed by atoms with van der Waals surface area (Å²) in [5, 5.41) is 2.29. The molecule has 126 valence electrons. The van der Waals surface area contributed by atoms with Crippen LogP contribution in [0.2, 0.25) is 0 Å². The number of carbonyl (C=O) groups is 2. The average Bonchev–Trinajstić information content (AvgIpc) is 2.50. The summed E-state index contributed by atoms with van der Waals surface area (Å²) in [7, 11) is 0. The summed E-state index contributed by atoms with van der Waals surface area (Å²) in [5.74, 6) is -1.68. The molecule has 3 N–H and O–H groups in total. The normalized spacial score (nSPS) is 12.8. The molecule has 0 heterocycles. The summed E-state index contributed by atoms with van der Waals surface area (Å²) in [4.78, 5) is 22.8. The number of rotatable bonds is 8. The van der Waals surface area contributed by atoms with Crippen molar-refractivity contribution in [2.24, 2.45) is 17.6 Å². The molecule has 0 aliphatic carbocycles. The predicted octanol–water partition coefficient (Wildman–Crippen LogP) is 2.91. The van der Waals surface area contributed by atoms with E-state index in [2.05, 4.69) is 5.32 Å². The number of alkyl carbamates (subject to hydrolysis) is 1. The molecular weight excluding hydrogens is 299 g/mol. The second kappa shape index (κ2) is 9.61. The van der Waals surface area contributed by atoms with Crippen molar-refractivity contribution in [1.82, 2.24) is 5.32 Å². The van der Waals surface area contributed by atoms with Crippen molar-refractivity contribution in [3.8, 4) is 0 Å². The van der Waals surface area contributed by atoms with Gasteiger partial charge in [-0.25, -0.2) is 9.18 Å². The molecule has 0 saturated heterocycles. The summed E-state index contributed by atoms with van der Waals surface area (Å²) in [6.07, 6.45) is 0.887. The van der Waals surface area contributed by atoms with Crippen molar-refractivity contribution in [3.63, 3.8) is 0 Å². The Balaban J connectivity index is 2.41. The van der Waals surface area contributed by atoms with Gasteiger partial charge in [0, 0.05) is 0 Å². The molecule has 6 heteroatoms. The first-order valence-corrected chi connectivity index (χ1v) is 7.48. The molecule has 1 aromatic carbocycles. The highest BCUT2D eigenvalue weighted by Crippen LogP contribution is 2.15. The summed E-state index contributed by atoms with van der Waals surface area (Å²) in [6.45, 7) is 3.60. The van der Waals surface area contributed by atoms with E-state index in [9.17, 15) is 14.0 Å². The fourth-order valence-electron chi connectivity index (χ4n) is 1.98. The van der Waals surface area contributed by atoms with Crippen LogP contribution < -0.4 is 11.1 Å². The lowest BCUT2D eigenvalue weighted by Crippen LogP contribution is -2.27. The van der Waals surface area contributed by atoms with E-state index >= 15 is 0 Å². The molecular formula is C17H23FN2O3. The van der Waals surface area contributed by atoms with Crippen LogP contribution in [-0.4, -0.2) is 18.5 Å². The minimum absolute atomic E-state index is 0.106. The van der Waals surface area contributed by atoms with E-state index in [4.69, 9.17) is 10.5 Å². The van der Waals surface area contributed by atoms with Gasteiger partial charge in [-0.2, -0.15) is 0 Å². The third-order valence-electron chi connectivity index (χ3n) is 3.09. The lowest BCUT2D eigenvalue weighted by Gasteiger charge is -2.12. The number of halogens is 1. The van der Waals surface area contributed by atoms with Gasteiger partial charge in [0.05, 0.1) is 12.5 Å². The predicted molar refractivity (Wildman–Crippen MR) is 86.0 cm³/mol. The summed E-state index contributed by atoms with van der Waals surface area (Å²) in [6, 6.07) is 9.15. The first-order chi connectivity index (χ1) is 10.9. The second-order valence-corrected chi connectivity index (χ2v) is 5.67. The van der Waals surface area contributed by atoms with Crippen molar-refractivity contribution in [2.75, 3.05) is 6.54 Å². The molecule has 2 amide bonds. The maximum atomic E-state index is 13.8. The highest BCUT2D eigenvalue weighted by Gasteiger charge is 2.16. The van der Waals surface area contributed by atoms with Crippen LogP contribution in [0.4, 0.5) is 9.18 Å². The maximum Gasteiger partial charge on any atom is 0.407 e. The van der Waals surface area contributed by atoms with Gasteiger partial charge in [-0.05, 0) is 24.0 Å². The van der Waals surface area contributed by atoms with E-state index in [0.29, 0.717) is 6.42 Å². The summed E-state index contributed by atoms with van der Waals surface area (Å²) >= 11 is 0. The van der Waals surface area contributed by atoms with Crippen molar-refractivity contribution in [1.29, 1.82) is 0 Å². The van der Waals surface area contributed by atoms with Gasteiger partial charge in [0.15, 0.2) is 0 Å². The van der Waals surface area contributed by atoms with E-state index in [1.807, 2.05) is 44.2 Å². The first-order valence-electron chi connectivity index (χ1n) is 7.48. The third kappa shape index (κ3) is 7.99. The third-order valence-corrected chi connectivity index (χ3v) is 3.09. The maximum absolute atomic E-state index is 13.8. The van der Waals surface area contributed by atoms with Crippen molar-refractivity contribution in [2.45, 2.75) is 26.9 Å². The standard InChI is InChI=1S/C17H23FN2O3/c1-12(2)8-14(16(19)21)9-15(18)10-20-17(22)23-11-13-6-4-3-5-7-13/h3-7,9,12,14H,8,10-11H2,1-2H3,(H2,19,21)(H,20,22)/b15-9-/t14-/m1/s1. The summed E-state index contributed by atoms with van der Waals surface area (Å²) in [5.41, 5.74) is 6.08. The van der Waals surface area contributed by atoms with Crippen LogP contribution in [-0.2, 0) is 16.1 Å². The Bertz CT molecular complexity index is 544. The van der Waals surface area contributed by atoms with E-state index in [1.165, 1.54) is 0 Å². The SMILES string of the molecule is CC(C)C[C@H](/C=C(\F)CNC(=O)OCc1ccccc1)C(N)=O. The number of nitrogens with two attached hydrogens (primary N) is 1. The molecule has 0 aliphatic rings. The van der Waals surface area contributed by atoms with E-state index in [1.54, 1.807) is 0 Å². The van der Waals surface area contributed by atoms with Gasteiger partial charge in [0.2, 0.25) is 5.91 Å². The lowest BCUT2D eigenvalue weighted by atomic mass is 9.96. The molecule has 0 aromatic heterocycles. The fourth-order valence-corrected chi connectivity index (χ4v) is 1.98. The molecule has 0 radical (unpaired) electrons. The Morgan fingerprint density at radius 2 is 1.96 bits per heavy atom. The van der Waals surface area contributed by atoms with Crippen LogP contribution >= 0.6 is 0 Å². The van der Waals surface area contributed by atoms with Gasteiger partial charge in [-0.15, -0.1) is 0 Å². The zero-order valence-electron chi connectivity index (χ0n) is 13.4. The molecule has 1 aromatic rings. The monoisotopic (exact) mass is 322 g/mol. The van der Waals surface area contributed by atoms with Crippen LogP contribution in [0.25, 0.3) is 0 Å². The van der Waals surface area contributed by atoms with Crippen molar-refractivity contribution < 1.29 is 18.7 Å². The number of benzene rings is 1. The van der Waals surface area contributed by atoms with E-state index in [-0.39, 0.29) is 19.1 Å². The van der Waals surface area contributed by atoms with Crippen LogP contribution in [0, 0.1) is 11.8 Å². The molecule has 0 spiro atoms. The average molecular weight is 322 g/mol. The molecule has 0 unspecified atom stereocenters. The number of carbonyl (C=O) groups excluding carboxylic acids is 2. The highest BCUT2D eigenvalue weighted by molar-refractivity contribution is 5.78. The largest absolute Gasteiger partial charge is 0.445 e. The number of hydrogen-bond donors (Lipinski definition) is 2. The molecule has 23 heavy (non-hydrogen) atoms. The molecule has 0 saturated carbocycles.